The number of halogens is 5. The van der Waals surface area contributed by atoms with Crippen molar-refractivity contribution in [2.75, 3.05) is 10.6 Å². The highest BCUT2D eigenvalue weighted by Crippen LogP contribution is 2.30. The lowest BCUT2D eigenvalue weighted by Crippen LogP contribution is -2.14. The molecular weight excluding hydrogens is 440 g/mol. The van der Waals surface area contributed by atoms with Crippen molar-refractivity contribution in [3.8, 4) is 0 Å². The van der Waals surface area contributed by atoms with Gasteiger partial charge in [-0.2, -0.15) is 13.2 Å². The number of nitrogens with one attached hydrogen (secondary N) is 2. The smallest absolute Gasteiger partial charge is 0.322 e. The maximum absolute atomic E-state index is 12.8. The summed E-state index contributed by atoms with van der Waals surface area (Å²) in [4.78, 5) is 24.6. The van der Waals surface area contributed by atoms with Crippen LogP contribution in [0.4, 0.5) is 24.5 Å². The predicted octanol–water partition coefficient (Wildman–Crippen LogP) is 6.52. The number of carbonyl (C=O) groups excluding carboxylic acids is 2. The fraction of sp³-hybridized carbons (Fsp3) is 0.0476. The largest absolute Gasteiger partial charge is 0.416 e. The van der Waals surface area contributed by atoms with Gasteiger partial charge in [-0.25, -0.2) is 0 Å². The molecule has 0 atom stereocenters. The van der Waals surface area contributed by atoms with Crippen LogP contribution in [0.1, 0.15) is 26.3 Å². The standard InChI is InChI=1S/C21H13Cl2F3N2O2/c22-15-8-13(9-16(23)11-15)20(30)27-17-6-4-12(5-7-17)19(29)28-18-3-1-2-14(10-18)21(24,25)26/h1-11H,(H,27,30)(H,28,29). The molecule has 0 fully saturated rings. The second-order valence-corrected chi connectivity index (χ2v) is 7.10. The Morgan fingerprint density at radius 3 is 1.87 bits per heavy atom. The molecule has 0 aliphatic rings. The summed E-state index contributed by atoms with van der Waals surface area (Å²) >= 11 is 11.8. The fourth-order valence-corrected chi connectivity index (χ4v) is 3.10. The van der Waals surface area contributed by atoms with Gasteiger partial charge in [-0.05, 0) is 60.7 Å². The maximum atomic E-state index is 12.8. The Bertz CT molecular complexity index is 1080. The van der Waals surface area contributed by atoms with Gasteiger partial charge in [0.25, 0.3) is 11.8 Å². The van der Waals surface area contributed by atoms with Gasteiger partial charge < -0.3 is 10.6 Å². The zero-order valence-corrected chi connectivity index (χ0v) is 16.6. The van der Waals surface area contributed by atoms with E-state index < -0.39 is 23.6 Å². The zero-order chi connectivity index (χ0) is 21.9. The number of hydrogen-bond donors (Lipinski definition) is 2. The SMILES string of the molecule is O=C(Nc1cccc(C(F)(F)F)c1)c1ccc(NC(=O)c2cc(Cl)cc(Cl)c2)cc1. The van der Waals surface area contributed by atoms with Crippen LogP contribution in [-0.4, -0.2) is 11.8 Å². The molecule has 0 saturated carbocycles. The van der Waals surface area contributed by atoms with E-state index in [2.05, 4.69) is 10.6 Å². The van der Waals surface area contributed by atoms with Crippen LogP contribution >= 0.6 is 23.2 Å². The molecule has 0 radical (unpaired) electrons. The topological polar surface area (TPSA) is 58.2 Å². The minimum Gasteiger partial charge on any atom is -0.322 e. The van der Waals surface area contributed by atoms with Crippen LogP contribution in [-0.2, 0) is 6.18 Å². The molecule has 0 spiro atoms. The summed E-state index contributed by atoms with van der Waals surface area (Å²) in [6.45, 7) is 0. The van der Waals surface area contributed by atoms with Crippen molar-refractivity contribution in [2.24, 2.45) is 0 Å². The Labute approximate surface area is 179 Å². The maximum Gasteiger partial charge on any atom is 0.416 e. The van der Waals surface area contributed by atoms with Gasteiger partial charge in [-0.1, -0.05) is 29.3 Å². The number of rotatable bonds is 4. The minimum absolute atomic E-state index is 0.0186. The Morgan fingerprint density at radius 2 is 1.27 bits per heavy atom. The second-order valence-electron chi connectivity index (χ2n) is 6.22. The third-order valence-corrected chi connectivity index (χ3v) is 4.41. The molecule has 0 saturated heterocycles. The summed E-state index contributed by atoms with van der Waals surface area (Å²) in [5.41, 5.74) is 0.0336. The van der Waals surface area contributed by atoms with Crippen molar-refractivity contribution >= 4 is 46.4 Å². The zero-order valence-electron chi connectivity index (χ0n) is 15.1. The van der Waals surface area contributed by atoms with Crippen LogP contribution in [0.2, 0.25) is 10.0 Å². The predicted molar refractivity (Wildman–Crippen MR) is 110 cm³/mol. The molecule has 0 heterocycles. The molecule has 0 aromatic heterocycles. The highest BCUT2D eigenvalue weighted by Gasteiger charge is 2.30. The molecule has 3 aromatic rings. The normalized spacial score (nSPS) is 11.1. The molecular formula is C21H13Cl2F3N2O2. The second kappa shape index (κ2) is 8.77. The van der Waals surface area contributed by atoms with E-state index in [0.717, 1.165) is 12.1 Å². The van der Waals surface area contributed by atoms with Gasteiger partial charge >= 0.3 is 6.18 Å². The van der Waals surface area contributed by atoms with Crippen molar-refractivity contribution in [1.82, 2.24) is 0 Å². The number of benzene rings is 3. The van der Waals surface area contributed by atoms with Crippen LogP contribution in [0.5, 0.6) is 0 Å². The van der Waals surface area contributed by atoms with Gasteiger partial charge in [0.15, 0.2) is 0 Å². The lowest BCUT2D eigenvalue weighted by Gasteiger charge is -2.10. The van der Waals surface area contributed by atoms with E-state index in [-0.39, 0.29) is 16.8 Å². The molecule has 2 amide bonds. The quantitative estimate of drug-likeness (QED) is 0.473. The summed E-state index contributed by atoms with van der Waals surface area (Å²) < 4.78 is 38.3. The summed E-state index contributed by atoms with van der Waals surface area (Å²) in [5.74, 6) is -1.03. The third kappa shape index (κ3) is 5.52. The van der Waals surface area contributed by atoms with Gasteiger partial charge in [-0.15, -0.1) is 0 Å². The van der Waals surface area contributed by atoms with E-state index in [4.69, 9.17) is 23.2 Å². The molecule has 30 heavy (non-hydrogen) atoms. The van der Waals surface area contributed by atoms with Gasteiger partial charge in [0.1, 0.15) is 0 Å². The van der Waals surface area contributed by atoms with Gasteiger partial charge in [0.2, 0.25) is 0 Å². The lowest BCUT2D eigenvalue weighted by atomic mass is 10.1. The molecule has 0 aliphatic heterocycles. The molecule has 9 heteroatoms. The first-order valence-corrected chi connectivity index (χ1v) is 9.23. The fourth-order valence-electron chi connectivity index (χ4n) is 2.57. The average Bonchev–Trinajstić information content (AvgIpc) is 2.67. The number of alkyl halides is 3. The number of carbonyl (C=O) groups is 2. The molecule has 2 N–H and O–H groups in total. The Morgan fingerprint density at radius 1 is 0.700 bits per heavy atom. The lowest BCUT2D eigenvalue weighted by molar-refractivity contribution is -0.137. The van der Waals surface area contributed by atoms with Gasteiger partial charge in [0, 0.05) is 32.5 Å². The number of hydrogen-bond acceptors (Lipinski definition) is 2. The summed E-state index contributed by atoms with van der Waals surface area (Å²) in [5, 5.41) is 5.68. The van der Waals surface area contributed by atoms with Crippen LogP contribution in [0, 0.1) is 0 Å². The number of anilines is 2. The molecule has 0 unspecified atom stereocenters. The van der Waals surface area contributed by atoms with E-state index in [1.165, 1.54) is 54.6 Å². The van der Waals surface area contributed by atoms with Crippen molar-refractivity contribution < 1.29 is 22.8 Å². The van der Waals surface area contributed by atoms with Crippen LogP contribution in [0.3, 0.4) is 0 Å². The first-order valence-electron chi connectivity index (χ1n) is 8.48. The van der Waals surface area contributed by atoms with E-state index in [1.54, 1.807) is 0 Å². The van der Waals surface area contributed by atoms with Crippen molar-refractivity contribution in [3.05, 3.63) is 93.5 Å². The van der Waals surface area contributed by atoms with Crippen molar-refractivity contribution in [3.63, 3.8) is 0 Å². The Balaban J connectivity index is 1.68. The summed E-state index contributed by atoms with van der Waals surface area (Å²) in [7, 11) is 0. The highest BCUT2D eigenvalue weighted by atomic mass is 35.5. The summed E-state index contributed by atoms with van der Waals surface area (Å²) in [6, 6.07) is 14.6. The first kappa shape index (κ1) is 21.7. The molecule has 0 bridgehead atoms. The molecule has 3 aromatic carbocycles. The first-order chi connectivity index (χ1) is 14.1. The van der Waals surface area contributed by atoms with Crippen LogP contribution < -0.4 is 10.6 Å². The van der Waals surface area contributed by atoms with E-state index in [1.807, 2.05) is 0 Å². The Kier molecular flexibility index (Phi) is 6.34. The Hall–Kier alpha value is -3.03. The average molecular weight is 453 g/mol. The van der Waals surface area contributed by atoms with E-state index in [0.29, 0.717) is 15.7 Å². The van der Waals surface area contributed by atoms with Gasteiger partial charge in [-0.3, -0.25) is 9.59 Å². The molecule has 3 rings (SSSR count). The minimum atomic E-state index is -4.51. The highest BCUT2D eigenvalue weighted by molar-refractivity contribution is 6.35. The molecule has 4 nitrogen and oxygen atoms in total. The molecule has 154 valence electrons. The van der Waals surface area contributed by atoms with E-state index in [9.17, 15) is 22.8 Å². The van der Waals surface area contributed by atoms with Gasteiger partial charge in [0.05, 0.1) is 5.56 Å². The third-order valence-electron chi connectivity index (χ3n) is 3.98. The van der Waals surface area contributed by atoms with Crippen LogP contribution in [0.15, 0.2) is 66.7 Å². The monoisotopic (exact) mass is 452 g/mol. The number of amides is 2. The van der Waals surface area contributed by atoms with Crippen LogP contribution in [0.25, 0.3) is 0 Å². The van der Waals surface area contributed by atoms with Crippen molar-refractivity contribution in [1.29, 1.82) is 0 Å². The van der Waals surface area contributed by atoms with E-state index >= 15 is 0 Å². The molecule has 0 aliphatic carbocycles. The van der Waals surface area contributed by atoms with Crippen molar-refractivity contribution in [2.45, 2.75) is 6.18 Å². The summed E-state index contributed by atoms with van der Waals surface area (Å²) in [6.07, 6.45) is -4.51.